The average Bonchev–Trinajstić information content (AvgIpc) is 3.10. The van der Waals surface area contributed by atoms with Crippen molar-refractivity contribution in [2.45, 2.75) is 45.1 Å². The van der Waals surface area contributed by atoms with Gasteiger partial charge >= 0.3 is 0 Å². The number of hydrogen-bond donors (Lipinski definition) is 2. The molecule has 0 aromatic carbocycles. The minimum Gasteiger partial charge on any atom is -0.354 e. The predicted octanol–water partition coefficient (Wildman–Crippen LogP) is 1.29. The second-order valence-corrected chi connectivity index (χ2v) is 4.99. The van der Waals surface area contributed by atoms with Gasteiger partial charge in [-0.25, -0.2) is 0 Å². The van der Waals surface area contributed by atoms with Crippen molar-refractivity contribution in [3.63, 3.8) is 0 Å². The fourth-order valence-corrected chi connectivity index (χ4v) is 2.26. The van der Waals surface area contributed by atoms with Gasteiger partial charge in [0.1, 0.15) is 0 Å². The summed E-state index contributed by atoms with van der Waals surface area (Å²) in [5, 5.41) is 6.37. The van der Waals surface area contributed by atoms with E-state index in [9.17, 15) is 4.79 Å². The Kier molecular flexibility index (Phi) is 3.62. The van der Waals surface area contributed by atoms with Crippen LogP contribution in [0.25, 0.3) is 0 Å². The summed E-state index contributed by atoms with van der Waals surface area (Å²) in [6.45, 7) is 4.11. The number of piperidine rings is 1. The van der Waals surface area contributed by atoms with E-state index in [0.717, 1.165) is 31.3 Å². The Balaban J connectivity index is 1.72. The van der Waals surface area contributed by atoms with Crippen LogP contribution in [0.15, 0.2) is 0 Å². The van der Waals surface area contributed by atoms with Gasteiger partial charge in [-0.2, -0.15) is 0 Å². The Morgan fingerprint density at radius 1 is 1.33 bits per heavy atom. The number of rotatable bonds is 4. The zero-order valence-electron chi connectivity index (χ0n) is 9.59. The number of carbonyl (C=O) groups is 1. The summed E-state index contributed by atoms with van der Waals surface area (Å²) in [6.07, 6.45) is 6.05. The van der Waals surface area contributed by atoms with Crippen molar-refractivity contribution in [2.24, 2.45) is 11.8 Å². The molecule has 1 saturated heterocycles. The molecule has 86 valence electrons. The number of hydrogen-bond acceptors (Lipinski definition) is 2. The summed E-state index contributed by atoms with van der Waals surface area (Å²) in [5.74, 6) is 1.74. The van der Waals surface area contributed by atoms with Gasteiger partial charge in [0.15, 0.2) is 0 Å². The van der Waals surface area contributed by atoms with Crippen molar-refractivity contribution in [3.8, 4) is 0 Å². The van der Waals surface area contributed by atoms with Crippen LogP contribution in [0.2, 0.25) is 0 Å². The molecule has 3 nitrogen and oxygen atoms in total. The molecule has 1 saturated carbocycles. The number of carbonyl (C=O) groups excluding carboxylic acids is 1. The van der Waals surface area contributed by atoms with E-state index in [4.69, 9.17) is 0 Å². The lowest BCUT2D eigenvalue weighted by molar-refractivity contribution is -0.124. The molecule has 1 heterocycles. The Morgan fingerprint density at radius 3 is 2.80 bits per heavy atom. The maximum absolute atomic E-state index is 11.8. The summed E-state index contributed by atoms with van der Waals surface area (Å²) in [7, 11) is 0. The summed E-state index contributed by atoms with van der Waals surface area (Å²) in [4.78, 5) is 11.8. The molecule has 2 aliphatic rings. The lowest BCUT2D eigenvalue weighted by atomic mass is 9.90. The molecule has 0 spiro atoms. The van der Waals surface area contributed by atoms with E-state index in [1.807, 2.05) is 0 Å². The molecule has 1 aliphatic heterocycles. The average molecular weight is 210 g/mol. The first-order chi connectivity index (χ1) is 7.29. The SMILES string of the molecule is CCC1CCNC(C(=O)NCC2CC2)C1. The van der Waals surface area contributed by atoms with Crippen molar-refractivity contribution < 1.29 is 4.79 Å². The molecule has 2 unspecified atom stereocenters. The van der Waals surface area contributed by atoms with Gasteiger partial charge in [0.05, 0.1) is 6.04 Å². The highest BCUT2D eigenvalue weighted by Gasteiger charge is 2.27. The molecule has 2 rings (SSSR count). The van der Waals surface area contributed by atoms with Gasteiger partial charge in [0.25, 0.3) is 0 Å². The molecule has 2 fully saturated rings. The van der Waals surface area contributed by atoms with Crippen molar-refractivity contribution >= 4 is 5.91 Å². The van der Waals surface area contributed by atoms with E-state index < -0.39 is 0 Å². The third-order valence-electron chi connectivity index (χ3n) is 3.67. The van der Waals surface area contributed by atoms with Crippen LogP contribution in [0.5, 0.6) is 0 Å². The Labute approximate surface area is 92.0 Å². The molecule has 0 aromatic heterocycles. The van der Waals surface area contributed by atoms with Crippen LogP contribution in [-0.2, 0) is 4.79 Å². The first-order valence-electron chi connectivity index (χ1n) is 6.30. The number of amides is 1. The monoisotopic (exact) mass is 210 g/mol. The van der Waals surface area contributed by atoms with E-state index in [2.05, 4.69) is 17.6 Å². The highest BCUT2D eigenvalue weighted by Crippen LogP contribution is 2.27. The molecular formula is C12H22N2O. The minimum absolute atomic E-state index is 0.0717. The second kappa shape index (κ2) is 4.97. The minimum atomic E-state index is 0.0717. The van der Waals surface area contributed by atoms with E-state index in [-0.39, 0.29) is 11.9 Å². The van der Waals surface area contributed by atoms with E-state index in [1.54, 1.807) is 0 Å². The van der Waals surface area contributed by atoms with Crippen molar-refractivity contribution in [1.29, 1.82) is 0 Å². The van der Waals surface area contributed by atoms with Crippen LogP contribution in [0.4, 0.5) is 0 Å². The van der Waals surface area contributed by atoms with Crippen molar-refractivity contribution in [2.75, 3.05) is 13.1 Å². The third-order valence-corrected chi connectivity index (χ3v) is 3.67. The van der Waals surface area contributed by atoms with Crippen LogP contribution in [0, 0.1) is 11.8 Å². The highest BCUT2D eigenvalue weighted by atomic mass is 16.2. The molecule has 15 heavy (non-hydrogen) atoms. The summed E-state index contributed by atoms with van der Waals surface area (Å²) in [5.41, 5.74) is 0. The maximum Gasteiger partial charge on any atom is 0.237 e. The summed E-state index contributed by atoms with van der Waals surface area (Å²) < 4.78 is 0. The quantitative estimate of drug-likeness (QED) is 0.734. The van der Waals surface area contributed by atoms with Gasteiger partial charge in [-0.1, -0.05) is 13.3 Å². The van der Waals surface area contributed by atoms with Crippen molar-refractivity contribution in [3.05, 3.63) is 0 Å². The van der Waals surface area contributed by atoms with Crippen LogP contribution in [0.3, 0.4) is 0 Å². The normalized spacial score (nSPS) is 31.3. The van der Waals surface area contributed by atoms with E-state index in [1.165, 1.54) is 25.7 Å². The zero-order chi connectivity index (χ0) is 10.7. The van der Waals surface area contributed by atoms with E-state index >= 15 is 0 Å². The highest BCUT2D eigenvalue weighted by molar-refractivity contribution is 5.81. The first-order valence-corrected chi connectivity index (χ1v) is 6.30. The molecule has 0 bridgehead atoms. The molecule has 1 amide bonds. The second-order valence-electron chi connectivity index (χ2n) is 4.99. The molecule has 2 atom stereocenters. The lowest BCUT2D eigenvalue weighted by Gasteiger charge is -2.28. The maximum atomic E-state index is 11.8. The molecule has 0 radical (unpaired) electrons. The van der Waals surface area contributed by atoms with Crippen LogP contribution in [-0.4, -0.2) is 25.0 Å². The smallest absolute Gasteiger partial charge is 0.237 e. The van der Waals surface area contributed by atoms with Gasteiger partial charge in [0, 0.05) is 6.54 Å². The van der Waals surface area contributed by atoms with Gasteiger partial charge in [-0.05, 0) is 44.1 Å². The molecule has 1 aliphatic carbocycles. The largest absolute Gasteiger partial charge is 0.354 e. The van der Waals surface area contributed by atoms with Gasteiger partial charge in [-0.15, -0.1) is 0 Å². The fourth-order valence-electron chi connectivity index (χ4n) is 2.26. The zero-order valence-corrected chi connectivity index (χ0v) is 9.59. The van der Waals surface area contributed by atoms with Gasteiger partial charge in [-0.3, -0.25) is 4.79 Å². The van der Waals surface area contributed by atoms with Gasteiger partial charge < -0.3 is 10.6 Å². The summed E-state index contributed by atoms with van der Waals surface area (Å²) in [6, 6.07) is 0.0717. The molecule has 0 aromatic rings. The molecule has 3 heteroatoms. The summed E-state index contributed by atoms with van der Waals surface area (Å²) >= 11 is 0. The van der Waals surface area contributed by atoms with Crippen LogP contribution >= 0.6 is 0 Å². The van der Waals surface area contributed by atoms with Crippen LogP contribution < -0.4 is 10.6 Å². The Hall–Kier alpha value is -0.570. The van der Waals surface area contributed by atoms with Gasteiger partial charge in [0.2, 0.25) is 5.91 Å². The lowest BCUT2D eigenvalue weighted by Crippen LogP contribution is -2.49. The standard InChI is InChI=1S/C12H22N2O/c1-2-9-5-6-13-11(7-9)12(15)14-8-10-3-4-10/h9-11,13H,2-8H2,1H3,(H,14,15). The number of nitrogens with one attached hydrogen (secondary N) is 2. The predicted molar refractivity (Wildman–Crippen MR) is 60.5 cm³/mol. The first kappa shape index (κ1) is 10.9. The Morgan fingerprint density at radius 2 is 2.13 bits per heavy atom. The molecule has 2 N–H and O–H groups in total. The fraction of sp³-hybridized carbons (Fsp3) is 0.917. The van der Waals surface area contributed by atoms with Crippen LogP contribution in [0.1, 0.15) is 39.0 Å². The third kappa shape index (κ3) is 3.20. The molecular weight excluding hydrogens is 188 g/mol. The van der Waals surface area contributed by atoms with Crippen molar-refractivity contribution in [1.82, 2.24) is 10.6 Å². The van der Waals surface area contributed by atoms with E-state index in [0.29, 0.717) is 0 Å². The Bertz CT molecular complexity index is 226. The topological polar surface area (TPSA) is 41.1 Å².